The van der Waals surface area contributed by atoms with Crippen molar-refractivity contribution < 1.29 is 37.8 Å². The molecule has 0 aliphatic carbocycles. The Morgan fingerprint density at radius 2 is 1.80 bits per heavy atom. The lowest BCUT2D eigenvalue weighted by atomic mass is 10.00. The monoisotopic (exact) mass is 308 g/mol. The molecule has 0 amide bonds. The number of carboxylic acid groups (broad SMARTS) is 1. The van der Waals surface area contributed by atoms with Gasteiger partial charge in [0.1, 0.15) is 12.2 Å². The minimum absolute atomic E-state index is 0.194. The van der Waals surface area contributed by atoms with Crippen molar-refractivity contribution in [3.63, 3.8) is 0 Å². The van der Waals surface area contributed by atoms with Crippen molar-refractivity contribution in [2.45, 2.75) is 12.1 Å². The molecule has 0 aliphatic rings. The number of carbonyl (C=O) groups excluding carboxylic acids is 1. The quantitative estimate of drug-likeness (QED) is 0.415. The Hall–Kier alpha value is -1.63. The van der Waals surface area contributed by atoms with Crippen molar-refractivity contribution in [1.29, 1.82) is 0 Å². The van der Waals surface area contributed by atoms with Crippen LogP contribution in [0.5, 0.6) is 0 Å². The van der Waals surface area contributed by atoms with E-state index in [2.05, 4.69) is 0 Å². The van der Waals surface area contributed by atoms with Crippen LogP contribution >= 0.6 is 7.60 Å². The fourth-order valence-corrected chi connectivity index (χ4v) is 1.94. The van der Waals surface area contributed by atoms with Gasteiger partial charge in [-0.3, -0.25) is 9.36 Å². The van der Waals surface area contributed by atoms with E-state index in [1.807, 2.05) is 0 Å². The van der Waals surface area contributed by atoms with Crippen molar-refractivity contribution in [3.8, 4) is 0 Å². The molecule has 1 aromatic rings. The van der Waals surface area contributed by atoms with E-state index < -0.39 is 30.7 Å². The minimum Gasteiger partial charge on any atom is -0.481 e. The summed E-state index contributed by atoms with van der Waals surface area (Å²) in [5.74, 6) is -2.65. The molecule has 110 valence electrons. The van der Waals surface area contributed by atoms with Gasteiger partial charge < -0.3 is 19.7 Å². The average Bonchev–Trinajstić information content (AvgIpc) is 2.34. The van der Waals surface area contributed by atoms with Gasteiger partial charge in [-0.05, 0) is 12.0 Å². The van der Waals surface area contributed by atoms with Crippen molar-refractivity contribution in [2.24, 2.45) is 5.92 Å². The van der Waals surface area contributed by atoms with Gasteiger partial charge in [-0.2, -0.15) is 8.78 Å². The van der Waals surface area contributed by atoms with Gasteiger partial charge in [0.25, 0.3) is 0 Å². The molecule has 0 heterocycles. The Balaban J connectivity index is 2.98. The second-order valence-corrected chi connectivity index (χ2v) is 5.72. The van der Waals surface area contributed by atoms with Crippen LogP contribution in [-0.4, -0.2) is 27.1 Å². The number of hydrogen-bond acceptors (Lipinski definition) is 3. The molecule has 0 aliphatic heterocycles. The Labute approximate surface area is 112 Å². The Bertz CT molecular complexity index is 551. The number of aliphatic carboxylic acids is 1. The summed E-state index contributed by atoms with van der Waals surface area (Å²) in [7, 11) is -5.64. The molecule has 3 N–H and O–H groups in total. The van der Waals surface area contributed by atoms with Crippen LogP contribution in [0, 0.1) is 5.92 Å². The third kappa shape index (κ3) is 3.47. The van der Waals surface area contributed by atoms with E-state index in [1.54, 1.807) is 0 Å². The summed E-state index contributed by atoms with van der Waals surface area (Å²) in [6.07, 6.45) is 0.0289. The summed E-state index contributed by atoms with van der Waals surface area (Å²) >= 11 is 0. The molecule has 1 rings (SSSR count). The van der Waals surface area contributed by atoms with E-state index in [4.69, 9.17) is 14.9 Å². The zero-order chi connectivity index (χ0) is 15.6. The van der Waals surface area contributed by atoms with Crippen molar-refractivity contribution in [2.75, 3.05) is 0 Å². The van der Waals surface area contributed by atoms with Gasteiger partial charge in [0.15, 0.2) is 0 Å². The SMILES string of the molecule is O=CC(Cc1ccc(C(F)(F)P(=O)(O)O)cc1)C(=O)O. The fourth-order valence-electron chi connectivity index (χ4n) is 1.46. The zero-order valence-electron chi connectivity index (χ0n) is 9.94. The Morgan fingerprint density at radius 1 is 1.30 bits per heavy atom. The summed E-state index contributed by atoms with van der Waals surface area (Å²) in [6, 6.07) is 3.77. The molecular weight excluding hydrogens is 297 g/mol. The number of aldehydes is 1. The highest BCUT2D eigenvalue weighted by Gasteiger charge is 2.50. The van der Waals surface area contributed by atoms with Crippen LogP contribution in [0.25, 0.3) is 0 Å². The van der Waals surface area contributed by atoms with Gasteiger partial charge in [0.05, 0.1) is 0 Å². The number of halogens is 2. The molecule has 0 bridgehead atoms. The van der Waals surface area contributed by atoms with Gasteiger partial charge in [-0.15, -0.1) is 0 Å². The summed E-state index contributed by atoms with van der Waals surface area (Å²) in [5.41, 5.74) is -4.91. The first kappa shape index (κ1) is 16.4. The van der Waals surface area contributed by atoms with Crippen LogP contribution in [0.4, 0.5) is 8.78 Å². The average molecular weight is 308 g/mol. The molecule has 6 nitrogen and oxygen atoms in total. The molecule has 20 heavy (non-hydrogen) atoms. The van der Waals surface area contributed by atoms with Crippen LogP contribution < -0.4 is 0 Å². The first-order valence-electron chi connectivity index (χ1n) is 5.30. The highest BCUT2D eigenvalue weighted by atomic mass is 31.2. The normalized spacial score (nSPS) is 13.8. The number of benzene rings is 1. The molecule has 0 saturated carbocycles. The Kier molecular flexibility index (Phi) is 4.75. The molecule has 0 aromatic heterocycles. The van der Waals surface area contributed by atoms with Crippen LogP contribution in [0.15, 0.2) is 24.3 Å². The Morgan fingerprint density at radius 3 is 2.15 bits per heavy atom. The van der Waals surface area contributed by atoms with Gasteiger partial charge in [-0.1, -0.05) is 24.3 Å². The molecular formula is C11H11F2O6P. The second kappa shape index (κ2) is 5.78. The topological polar surface area (TPSA) is 112 Å². The lowest BCUT2D eigenvalue weighted by molar-refractivity contribution is -0.143. The fraction of sp³-hybridized carbons (Fsp3) is 0.273. The van der Waals surface area contributed by atoms with Crippen molar-refractivity contribution >= 4 is 19.9 Å². The molecule has 0 saturated heterocycles. The van der Waals surface area contributed by atoms with Crippen LogP contribution in [-0.2, 0) is 26.2 Å². The summed E-state index contributed by atoms with van der Waals surface area (Å²) in [5, 5.41) is 8.67. The highest BCUT2D eigenvalue weighted by molar-refractivity contribution is 7.52. The van der Waals surface area contributed by atoms with Gasteiger partial charge >= 0.3 is 19.2 Å². The lowest BCUT2D eigenvalue weighted by Gasteiger charge is -2.18. The lowest BCUT2D eigenvalue weighted by Crippen LogP contribution is -2.18. The number of alkyl halides is 2. The van der Waals surface area contributed by atoms with Crippen LogP contribution in [0.1, 0.15) is 11.1 Å². The predicted molar refractivity (Wildman–Crippen MR) is 63.3 cm³/mol. The molecule has 1 aromatic carbocycles. The standard InChI is InChI=1S/C11H11F2O6P/c12-11(13,20(17,18)19)9-3-1-7(2-4-9)5-8(6-14)10(15)16/h1-4,6,8H,5H2,(H,15,16)(H2,17,18,19). The predicted octanol–water partition coefficient (Wildman–Crippen LogP) is 1.36. The van der Waals surface area contributed by atoms with Crippen molar-refractivity contribution in [3.05, 3.63) is 35.4 Å². The van der Waals surface area contributed by atoms with E-state index in [0.717, 1.165) is 24.3 Å². The maximum absolute atomic E-state index is 13.3. The summed E-state index contributed by atoms with van der Waals surface area (Å²) < 4.78 is 37.3. The largest absolute Gasteiger partial charge is 0.481 e. The first-order valence-corrected chi connectivity index (χ1v) is 6.92. The number of hydrogen-bond donors (Lipinski definition) is 3. The highest BCUT2D eigenvalue weighted by Crippen LogP contribution is 2.59. The van der Waals surface area contributed by atoms with Gasteiger partial charge in [0, 0.05) is 5.56 Å². The third-order valence-corrected chi connectivity index (χ3v) is 3.59. The molecule has 1 atom stereocenters. The van der Waals surface area contributed by atoms with Crippen LogP contribution in [0.2, 0.25) is 0 Å². The van der Waals surface area contributed by atoms with E-state index in [-0.39, 0.29) is 18.3 Å². The van der Waals surface area contributed by atoms with Crippen molar-refractivity contribution in [1.82, 2.24) is 0 Å². The zero-order valence-corrected chi connectivity index (χ0v) is 10.8. The minimum atomic E-state index is -5.64. The molecule has 0 fully saturated rings. The first-order chi connectivity index (χ1) is 9.09. The number of carbonyl (C=O) groups is 2. The number of rotatable bonds is 6. The van der Waals surface area contributed by atoms with Gasteiger partial charge in [0.2, 0.25) is 0 Å². The maximum Gasteiger partial charge on any atom is 0.399 e. The van der Waals surface area contributed by atoms with Gasteiger partial charge in [-0.25, -0.2) is 0 Å². The van der Waals surface area contributed by atoms with E-state index in [9.17, 15) is 22.9 Å². The summed E-state index contributed by atoms with van der Waals surface area (Å²) in [4.78, 5) is 38.3. The second-order valence-electron chi connectivity index (χ2n) is 4.07. The molecule has 9 heteroatoms. The van der Waals surface area contributed by atoms with E-state index >= 15 is 0 Å². The third-order valence-electron chi connectivity index (χ3n) is 2.60. The molecule has 1 unspecified atom stereocenters. The maximum atomic E-state index is 13.3. The van der Waals surface area contributed by atoms with E-state index in [1.165, 1.54) is 0 Å². The smallest absolute Gasteiger partial charge is 0.399 e. The van der Waals surface area contributed by atoms with E-state index in [0.29, 0.717) is 0 Å². The molecule has 0 spiro atoms. The van der Waals surface area contributed by atoms with Crippen LogP contribution in [0.3, 0.4) is 0 Å². The molecule has 0 radical (unpaired) electrons. The summed E-state index contributed by atoms with van der Waals surface area (Å²) in [6.45, 7) is 0. The number of carboxylic acids is 1.